The Labute approximate surface area is 35.0 Å². The van der Waals surface area contributed by atoms with Crippen molar-refractivity contribution in [3.8, 4) is 0 Å². The number of hydrogen-bond acceptors (Lipinski definition) is 2. The van der Waals surface area contributed by atoms with Crippen LogP contribution in [0.4, 0.5) is 0 Å². The maximum Gasteiger partial charge on any atom is 0.181 e. The highest BCUT2D eigenvalue weighted by molar-refractivity contribution is 6.04. The zero-order valence-electron chi connectivity index (χ0n) is 4.08. The molecule has 0 aliphatic heterocycles. The normalized spacial score (nSPS) is 4.40. The lowest BCUT2D eigenvalue weighted by atomic mass is 10.5. The fourth-order valence-electron chi connectivity index (χ4n) is 0. The van der Waals surface area contributed by atoms with Gasteiger partial charge in [-0.2, -0.15) is 0 Å². The fourth-order valence-corrected chi connectivity index (χ4v) is 0. The number of rotatable bonds is 0. The van der Waals surface area contributed by atoms with Gasteiger partial charge in [-0.1, -0.05) is 0 Å². The molecule has 0 atom stereocenters. The summed E-state index contributed by atoms with van der Waals surface area (Å²) in [6.45, 7) is 0. The van der Waals surface area contributed by atoms with Gasteiger partial charge in [0.1, 0.15) is 0 Å². The summed E-state index contributed by atoms with van der Waals surface area (Å²) < 4.78 is 0. The highest BCUT2D eigenvalue weighted by atomic mass is 14.6. The molecule has 4 heteroatoms. The van der Waals surface area contributed by atoms with Crippen LogP contribution in [0.3, 0.4) is 0 Å². The summed E-state index contributed by atoms with van der Waals surface area (Å²) in [7, 11) is 5.25. The Balaban J connectivity index is 0. The molecule has 2 nitrogen and oxygen atoms in total. The van der Waals surface area contributed by atoms with E-state index in [-0.39, 0.29) is 0 Å². The molecule has 0 amide bonds. The van der Waals surface area contributed by atoms with Crippen molar-refractivity contribution in [3.63, 3.8) is 0 Å². The van der Waals surface area contributed by atoms with Gasteiger partial charge in [0.2, 0.25) is 0 Å². The van der Waals surface area contributed by atoms with E-state index >= 15 is 0 Å². The molecular formula is CH10B2N2. The molecule has 0 aliphatic rings. The van der Waals surface area contributed by atoms with E-state index in [2.05, 4.69) is 10.9 Å². The Hall–Kier alpha value is 0.0499. The van der Waals surface area contributed by atoms with Crippen molar-refractivity contribution in [2.24, 2.45) is 5.64 Å². The second kappa shape index (κ2) is 34.2. The van der Waals surface area contributed by atoms with Gasteiger partial charge >= 0.3 is 0 Å². The van der Waals surface area contributed by atoms with Crippen LogP contribution < -0.4 is 10.9 Å². The van der Waals surface area contributed by atoms with Gasteiger partial charge < -0.3 is 10.9 Å². The van der Waals surface area contributed by atoms with Crippen molar-refractivity contribution in [1.82, 2.24) is 5.23 Å². The van der Waals surface area contributed by atoms with E-state index in [1.165, 1.54) is 7.98 Å². The third-order valence-corrected chi connectivity index (χ3v) is 0. The van der Waals surface area contributed by atoms with Crippen molar-refractivity contribution >= 4 is 16.0 Å². The molecule has 0 aromatic heterocycles. The Bertz CT molecular complexity index is 7.61. The highest BCUT2D eigenvalue weighted by Gasteiger charge is 1.29. The van der Waals surface area contributed by atoms with Gasteiger partial charge in [0.25, 0.3) is 0 Å². The molecule has 0 aromatic carbocycles. The van der Waals surface area contributed by atoms with E-state index in [4.69, 9.17) is 0 Å². The van der Waals surface area contributed by atoms with Crippen molar-refractivity contribution in [2.75, 3.05) is 7.05 Å². The van der Waals surface area contributed by atoms with Gasteiger partial charge in [-0.25, -0.2) is 0 Å². The Kier molecular flexibility index (Phi) is 60.9. The molecule has 5 heavy (non-hydrogen) atoms. The SMILES string of the molecule is BN.BNC. The monoisotopic (exact) mass is 72.1 g/mol. The molecule has 3 N–H and O–H groups in total. The predicted molar refractivity (Wildman–Crippen MR) is 30.3 cm³/mol. The van der Waals surface area contributed by atoms with Gasteiger partial charge in [-0.05, 0) is 7.05 Å². The summed E-state index contributed by atoms with van der Waals surface area (Å²) in [5, 5.41) is 2.75. The maximum absolute atomic E-state index is 4.50. The molecule has 0 fully saturated rings. The van der Waals surface area contributed by atoms with Crippen molar-refractivity contribution < 1.29 is 0 Å². The average Bonchev–Trinajstić information content (AvgIpc) is 1.46. The number of hydrogen-bond donors (Lipinski definition) is 2. The lowest BCUT2D eigenvalue weighted by Crippen LogP contribution is -1.93. The highest BCUT2D eigenvalue weighted by Crippen LogP contribution is 0.933. The van der Waals surface area contributed by atoms with Gasteiger partial charge in [0.05, 0.1) is 0 Å². The third-order valence-electron chi connectivity index (χ3n) is 0. The first kappa shape index (κ1) is 8.90. The van der Waals surface area contributed by atoms with Crippen LogP contribution in [0.15, 0.2) is 0 Å². The van der Waals surface area contributed by atoms with Crippen LogP contribution in [0.5, 0.6) is 0 Å². The quantitative estimate of drug-likeness (QED) is 0.304. The number of nitrogens with one attached hydrogen (secondary N) is 1. The van der Waals surface area contributed by atoms with Crippen LogP contribution in [-0.2, 0) is 0 Å². The number of nitrogens with two attached hydrogens (primary N) is 1. The zero-order chi connectivity index (χ0) is 4.71. The van der Waals surface area contributed by atoms with E-state index < -0.39 is 0 Å². The minimum absolute atomic E-state index is 1.50. The second-order valence-corrected chi connectivity index (χ2v) is 0.500. The summed E-state index contributed by atoms with van der Waals surface area (Å²) in [6.07, 6.45) is 0. The van der Waals surface area contributed by atoms with Crippen molar-refractivity contribution in [2.45, 2.75) is 0 Å². The smallest absolute Gasteiger partial charge is 0.181 e. The maximum atomic E-state index is 4.50. The van der Waals surface area contributed by atoms with E-state index in [1.807, 2.05) is 15.0 Å². The molecule has 0 spiro atoms. The Morgan fingerprint density at radius 3 is 1.60 bits per heavy atom. The molecule has 0 aliphatic carbocycles. The first-order valence-corrected chi connectivity index (χ1v) is 1.58. The van der Waals surface area contributed by atoms with Crippen LogP contribution in [-0.4, -0.2) is 23.0 Å². The molecule has 0 radical (unpaired) electrons. The molecule has 0 bridgehead atoms. The van der Waals surface area contributed by atoms with Crippen LogP contribution >= 0.6 is 0 Å². The van der Waals surface area contributed by atoms with E-state index in [0.29, 0.717) is 0 Å². The summed E-state index contributed by atoms with van der Waals surface area (Å²) in [5.41, 5.74) is 4.50. The minimum Gasteiger partial charge on any atom is -0.376 e. The predicted octanol–water partition coefficient (Wildman–Crippen LogP) is -2.75. The van der Waals surface area contributed by atoms with Crippen LogP contribution in [0.1, 0.15) is 0 Å². The van der Waals surface area contributed by atoms with Crippen LogP contribution in [0, 0.1) is 0 Å². The standard InChI is InChI=1S/CH6BN.BH4N/c1-3-2;1-2/h3H,2H2,1H3;1-2H2. The molecule has 0 heterocycles. The van der Waals surface area contributed by atoms with Crippen LogP contribution in [0.2, 0.25) is 0 Å². The van der Waals surface area contributed by atoms with E-state index in [0.717, 1.165) is 0 Å². The van der Waals surface area contributed by atoms with Gasteiger partial charge in [-0.15, -0.1) is 0 Å². The Morgan fingerprint density at radius 1 is 1.60 bits per heavy atom. The molecule has 0 saturated heterocycles. The van der Waals surface area contributed by atoms with Crippen molar-refractivity contribution in [3.05, 3.63) is 0 Å². The van der Waals surface area contributed by atoms with Gasteiger partial charge in [-0.3, -0.25) is 0 Å². The minimum atomic E-state index is 1.50. The lowest BCUT2D eigenvalue weighted by Gasteiger charge is -1.58. The fraction of sp³-hybridized carbons (Fsp3) is 1.00. The second-order valence-electron chi connectivity index (χ2n) is 0.500. The summed E-state index contributed by atoms with van der Waals surface area (Å²) in [6, 6.07) is 0. The summed E-state index contributed by atoms with van der Waals surface area (Å²) in [4.78, 5) is 0. The molecule has 0 aromatic rings. The third kappa shape index (κ3) is 6840. The lowest BCUT2D eigenvalue weighted by molar-refractivity contribution is 1.27. The van der Waals surface area contributed by atoms with Gasteiger partial charge in [0, 0.05) is 0 Å². The molecular weight excluding hydrogens is 61.6 g/mol. The van der Waals surface area contributed by atoms with Crippen molar-refractivity contribution in [1.29, 1.82) is 0 Å². The topological polar surface area (TPSA) is 38.0 Å². The first-order chi connectivity index (χ1) is 2.41. The largest absolute Gasteiger partial charge is 0.376 e. The average molecular weight is 71.7 g/mol. The summed E-state index contributed by atoms with van der Waals surface area (Å²) >= 11 is 0. The summed E-state index contributed by atoms with van der Waals surface area (Å²) in [5.74, 6) is 0. The molecule has 0 rings (SSSR count). The molecule has 0 unspecified atom stereocenters. The van der Waals surface area contributed by atoms with Crippen LogP contribution in [0.25, 0.3) is 0 Å². The van der Waals surface area contributed by atoms with E-state index in [9.17, 15) is 0 Å². The zero-order valence-corrected chi connectivity index (χ0v) is 4.08. The molecule has 30 valence electrons. The molecule has 0 saturated carbocycles. The van der Waals surface area contributed by atoms with Gasteiger partial charge in [0.15, 0.2) is 16.0 Å². The Morgan fingerprint density at radius 2 is 1.60 bits per heavy atom. The van der Waals surface area contributed by atoms with E-state index in [1.54, 1.807) is 0 Å². The first-order valence-electron chi connectivity index (χ1n) is 1.58.